The molecule has 0 bridgehead atoms. The number of amides is 2. The van der Waals surface area contributed by atoms with Crippen molar-refractivity contribution in [2.75, 3.05) is 18.4 Å². The van der Waals surface area contributed by atoms with E-state index in [1.54, 1.807) is 18.2 Å². The van der Waals surface area contributed by atoms with Crippen molar-refractivity contribution in [1.29, 1.82) is 5.26 Å². The Balaban J connectivity index is 1.71. The minimum atomic E-state index is -1.14. The summed E-state index contributed by atoms with van der Waals surface area (Å²) < 4.78 is 0. The molecule has 224 valence electrons. The van der Waals surface area contributed by atoms with Gasteiger partial charge in [0.25, 0.3) is 5.91 Å². The summed E-state index contributed by atoms with van der Waals surface area (Å²) in [5.41, 5.74) is 2.91. The first-order chi connectivity index (χ1) is 19.7. The van der Waals surface area contributed by atoms with Crippen LogP contribution < -0.4 is 21.3 Å². The second-order valence-electron chi connectivity index (χ2n) is 11.6. The average molecular weight is 578 g/mol. The molecule has 2 aromatic carbocycles. The standard InChI is InChI=1S/C31H39N5O6/c1-18-6-5-7-24(37)16-33-29(18)35-23-11-21(12-25(38)13-23)30(42)34-17-27(39)36-26(14-28(40)41)20-8-19(15-32)9-22(10-20)31(2,3)4/h8-13,24,26,33,35,37-38H,5-7,14,16-17H2,1-4H3,(H,34,42)(H,36,39)(H,40,41)/b29-18-/t24?,26-/m0/s1. The van der Waals surface area contributed by atoms with E-state index in [9.17, 15) is 35.0 Å². The predicted molar refractivity (Wildman–Crippen MR) is 158 cm³/mol. The van der Waals surface area contributed by atoms with Crippen LogP contribution in [-0.4, -0.2) is 52.3 Å². The first kappa shape index (κ1) is 32.0. The molecule has 0 fully saturated rings. The highest BCUT2D eigenvalue weighted by molar-refractivity contribution is 5.97. The van der Waals surface area contributed by atoms with Gasteiger partial charge < -0.3 is 36.6 Å². The molecule has 42 heavy (non-hydrogen) atoms. The van der Waals surface area contributed by atoms with Gasteiger partial charge in [0, 0.05) is 23.9 Å². The van der Waals surface area contributed by atoms with Crippen molar-refractivity contribution in [2.45, 2.75) is 70.9 Å². The summed E-state index contributed by atoms with van der Waals surface area (Å²) in [4.78, 5) is 37.3. The number of hydrogen-bond donors (Lipinski definition) is 7. The van der Waals surface area contributed by atoms with Gasteiger partial charge >= 0.3 is 5.97 Å². The van der Waals surface area contributed by atoms with E-state index in [4.69, 9.17) is 0 Å². The molecule has 0 aliphatic carbocycles. The van der Waals surface area contributed by atoms with Crippen molar-refractivity contribution in [3.05, 3.63) is 70.0 Å². The highest BCUT2D eigenvalue weighted by atomic mass is 16.4. The number of allylic oxidation sites excluding steroid dienone is 1. The molecule has 3 rings (SSSR count). The Hall–Kier alpha value is -4.56. The molecule has 0 saturated heterocycles. The van der Waals surface area contributed by atoms with Gasteiger partial charge in [-0.3, -0.25) is 14.4 Å². The lowest BCUT2D eigenvalue weighted by molar-refractivity contribution is -0.137. The number of carbonyl (C=O) groups is 3. The van der Waals surface area contributed by atoms with Crippen molar-refractivity contribution >= 4 is 23.5 Å². The minimum absolute atomic E-state index is 0.105. The summed E-state index contributed by atoms with van der Waals surface area (Å²) in [6, 6.07) is 10.5. The summed E-state index contributed by atoms with van der Waals surface area (Å²) in [6.45, 7) is 7.77. The number of hydrogen-bond acceptors (Lipinski definition) is 8. The number of aliphatic hydroxyl groups excluding tert-OH is 1. The van der Waals surface area contributed by atoms with E-state index in [1.165, 1.54) is 18.2 Å². The van der Waals surface area contributed by atoms with Crippen LogP contribution in [0.2, 0.25) is 0 Å². The van der Waals surface area contributed by atoms with Crippen LogP contribution in [0.15, 0.2) is 47.8 Å². The summed E-state index contributed by atoms with van der Waals surface area (Å²) in [5.74, 6) is -1.85. The molecule has 1 aliphatic rings. The minimum Gasteiger partial charge on any atom is -0.508 e. The molecule has 1 heterocycles. The second kappa shape index (κ2) is 13.9. The van der Waals surface area contributed by atoms with E-state index in [2.05, 4.69) is 27.3 Å². The van der Waals surface area contributed by atoms with Crippen LogP contribution in [0.5, 0.6) is 5.75 Å². The Morgan fingerprint density at radius 1 is 1.14 bits per heavy atom. The quantitative estimate of drug-likeness (QED) is 0.235. The summed E-state index contributed by atoms with van der Waals surface area (Å²) in [5, 5.41) is 50.7. The zero-order valence-electron chi connectivity index (χ0n) is 24.4. The zero-order valence-corrected chi connectivity index (χ0v) is 24.4. The molecule has 0 aromatic heterocycles. The van der Waals surface area contributed by atoms with Crippen molar-refractivity contribution in [3.63, 3.8) is 0 Å². The first-order valence-electron chi connectivity index (χ1n) is 13.8. The Morgan fingerprint density at radius 2 is 1.88 bits per heavy atom. The smallest absolute Gasteiger partial charge is 0.305 e. The van der Waals surface area contributed by atoms with Gasteiger partial charge in [-0.05, 0) is 72.6 Å². The molecule has 2 atom stereocenters. The first-order valence-corrected chi connectivity index (χ1v) is 13.8. The molecule has 11 heteroatoms. The van der Waals surface area contributed by atoms with Gasteiger partial charge in [0.1, 0.15) is 11.6 Å². The van der Waals surface area contributed by atoms with Crippen LogP contribution >= 0.6 is 0 Å². The fourth-order valence-electron chi connectivity index (χ4n) is 4.60. The molecule has 7 N–H and O–H groups in total. The number of carboxylic acids is 1. The van der Waals surface area contributed by atoms with Crippen molar-refractivity contribution in [2.24, 2.45) is 0 Å². The maximum Gasteiger partial charge on any atom is 0.305 e. The Labute approximate surface area is 245 Å². The van der Waals surface area contributed by atoms with Gasteiger partial charge in [-0.25, -0.2) is 0 Å². The maximum absolute atomic E-state index is 12.9. The van der Waals surface area contributed by atoms with E-state index < -0.39 is 42.9 Å². The van der Waals surface area contributed by atoms with Crippen LogP contribution in [0.25, 0.3) is 0 Å². The lowest BCUT2D eigenvalue weighted by Gasteiger charge is -2.23. The van der Waals surface area contributed by atoms with Gasteiger partial charge in [0.2, 0.25) is 5.91 Å². The average Bonchev–Trinajstić information content (AvgIpc) is 2.91. The molecular formula is C31H39N5O6. The van der Waals surface area contributed by atoms with Crippen molar-refractivity contribution < 1.29 is 29.7 Å². The summed E-state index contributed by atoms with van der Waals surface area (Å²) >= 11 is 0. The van der Waals surface area contributed by atoms with Gasteiger partial charge in [0.15, 0.2) is 0 Å². The molecule has 0 spiro atoms. The third-order valence-electron chi connectivity index (χ3n) is 6.96. The fraction of sp³-hybridized carbons (Fsp3) is 0.419. The lowest BCUT2D eigenvalue weighted by Crippen LogP contribution is -2.39. The van der Waals surface area contributed by atoms with Crippen LogP contribution in [0.1, 0.15) is 86.5 Å². The number of carbonyl (C=O) groups excluding carboxylic acids is 2. The van der Waals surface area contributed by atoms with Gasteiger partial charge in [-0.2, -0.15) is 5.26 Å². The number of anilines is 1. The van der Waals surface area contributed by atoms with Gasteiger partial charge in [0.05, 0.1) is 36.7 Å². The normalized spacial score (nSPS) is 18.0. The largest absolute Gasteiger partial charge is 0.508 e. The Morgan fingerprint density at radius 3 is 2.55 bits per heavy atom. The zero-order chi connectivity index (χ0) is 31.0. The van der Waals surface area contributed by atoms with Crippen LogP contribution in [0.3, 0.4) is 0 Å². The molecule has 11 nitrogen and oxygen atoms in total. The topological polar surface area (TPSA) is 184 Å². The number of rotatable bonds is 9. The van der Waals surface area contributed by atoms with E-state index in [0.29, 0.717) is 35.6 Å². The van der Waals surface area contributed by atoms with Crippen molar-refractivity contribution in [1.82, 2.24) is 16.0 Å². The van der Waals surface area contributed by atoms with E-state index in [1.807, 2.05) is 27.7 Å². The highest BCUT2D eigenvalue weighted by Crippen LogP contribution is 2.28. The number of aromatic hydroxyl groups is 1. The number of nitriles is 1. The lowest BCUT2D eigenvalue weighted by atomic mass is 9.84. The molecule has 2 aromatic rings. The number of carboxylic acid groups (broad SMARTS) is 1. The van der Waals surface area contributed by atoms with Crippen LogP contribution in [-0.2, 0) is 15.0 Å². The SMILES string of the molecule is C/C1=C(/Nc2cc(O)cc(C(=O)NCC(=O)N[C@@H](CC(=O)O)c3cc(C#N)cc(C(C)(C)C)c3)c2)NCC(O)CCC1. The molecule has 1 aliphatic heterocycles. The number of aliphatic hydroxyl groups is 1. The van der Waals surface area contributed by atoms with Gasteiger partial charge in [-0.1, -0.05) is 26.8 Å². The number of phenols is 1. The van der Waals surface area contributed by atoms with E-state index >= 15 is 0 Å². The fourth-order valence-corrected chi connectivity index (χ4v) is 4.60. The van der Waals surface area contributed by atoms with Gasteiger partial charge in [-0.15, -0.1) is 0 Å². The van der Waals surface area contributed by atoms with Crippen LogP contribution in [0, 0.1) is 11.3 Å². The summed E-state index contributed by atoms with van der Waals surface area (Å²) in [7, 11) is 0. The predicted octanol–water partition coefficient (Wildman–Crippen LogP) is 3.40. The Bertz CT molecular complexity index is 1410. The number of β-amino-alcohol motifs (C(OH)–C–C–N with tert-alkyl or cyclic N) is 1. The molecule has 2 amide bonds. The molecule has 0 saturated carbocycles. The highest BCUT2D eigenvalue weighted by Gasteiger charge is 2.23. The number of nitrogens with zero attached hydrogens (tertiary/aromatic N) is 1. The summed E-state index contributed by atoms with van der Waals surface area (Å²) in [6.07, 6.45) is 1.42. The Kier molecular flexibility index (Phi) is 10.6. The van der Waals surface area contributed by atoms with Crippen LogP contribution in [0.4, 0.5) is 5.69 Å². The number of aliphatic carboxylic acids is 1. The molecule has 0 radical (unpaired) electrons. The third kappa shape index (κ3) is 9.24. The van der Waals surface area contributed by atoms with E-state index in [0.717, 1.165) is 24.0 Å². The number of phenolic OH excluding ortho intramolecular Hbond substituents is 1. The molecular weight excluding hydrogens is 538 g/mol. The number of nitrogens with one attached hydrogen (secondary N) is 4. The van der Waals surface area contributed by atoms with E-state index in [-0.39, 0.29) is 16.7 Å². The number of benzene rings is 2. The third-order valence-corrected chi connectivity index (χ3v) is 6.96. The maximum atomic E-state index is 12.9. The van der Waals surface area contributed by atoms with Crippen molar-refractivity contribution in [3.8, 4) is 11.8 Å². The monoisotopic (exact) mass is 577 g/mol. The second-order valence-corrected chi connectivity index (χ2v) is 11.6. The molecule has 1 unspecified atom stereocenters.